The Balaban J connectivity index is 2.01. The maximum atomic E-state index is 12.0. The lowest BCUT2D eigenvalue weighted by molar-refractivity contribution is 0.581. The lowest BCUT2D eigenvalue weighted by Gasteiger charge is -2.06. The Morgan fingerprint density at radius 3 is 2.84 bits per heavy atom. The average molecular weight is 297 g/mol. The Morgan fingerprint density at radius 1 is 1.42 bits per heavy atom. The number of aromatic nitrogens is 1. The number of aryl methyl sites for hydroxylation is 1. The van der Waals surface area contributed by atoms with E-state index in [1.165, 1.54) is 11.3 Å². The first kappa shape index (κ1) is 14.0. The molecule has 0 saturated heterocycles. The van der Waals surface area contributed by atoms with E-state index in [2.05, 4.69) is 9.71 Å². The van der Waals surface area contributed by atoms with Crippen LogP contribution in [-0.2, 0) is 22.3 Å². The van der Waals surface area contributed by atoms with Crippen LogP contribution in [0, 0.1) is 6.92 Å². The normalized spacial score (nSPS) is 11.6. The first-order chi connectivity index (χ1) is 8.96. The zero-order chi connectivity index (χ0) is 13.9. The van der Waals surface area contributed by atoms with Crippen LogP contribution in [0.4, 0.5) is 5.69 Å². The van der Waals surface area contributed by atoms with Gasteiger partial charge in [-0.2, -0.15) is 0 Å². The van der Waals surface area contributed by atoms with Crippen LogP contribution in [0.25, 0.3) is 0 Å². The van der Waals surface area contributed by atoms with Crippen molar-refractivity contribution in [2.75, 3.05) is 5.73 Å². The molecule has 19 heavy (non-hydrogen) atoms. The van der Waals surface area contributed by atoms with Crippen LogP contribution >= 0.6 is 11.3 Å². The molecule has 0 fully saturated rings. The standard InChI is InChI=1S/C12H15N3O2S2/c1-9-12(18-8-14-9)6-15-19(16,17)7-10-3-2-4-11(13)5-10/h2-5,8,15H,6-7,13H2,1H3. The number of anilines is 1. The minimum absolute atomic E-state index is 0.0735. The van der Waals surface area contributed by atoms with Gasteiger partial charge in [0.05, 0.1) is 17.0 Å². The van der Waals surface area contributed by atoms with Crippen molar-refractivity contribution in [2.24, 2.45) is 0 Å². The van der Waals surface area contributed by atoms with Crippen LogP contribution in [-0.4, -0.2) is 13.4 Å². The highest BCUT2D eigenvalue weighted by Crippen LogP contribution is 2.13. The maximum absolute atomic E-state index is 12.0. The summed E-state index contributed by atoms with van der Waals surface area (Å²) in [5.74, 6) is -0.0735. The molecule has 0 atom stereocenters. The molecule has 0 unspecified atom stereocenters. The minimum atomic E-state index is -3.37. The molecule has 0 radical (unpaired) electrons. The number of sulfonamides is 1. The minimum Gasteiger partial charge on any atom is -0.399 e. The third kappa shape index (κ3) is 4.02. The summed E-state index contributed by atoms with van der Waals surface area (Å²) in [4.78, 5) is 5.01. The zero-order valence-electron chi connectivity index (χ0n) is 10.5. The maximum Gasteiger partial charge on any atom is 0.216 e. The number of nitrogen functional groups attached to an aromatic ring is 1. The molecule has 0 aliphatic carbocycles. The fourth-order valence-electron chi connectivity index (χ4n) is 1.62. The third-order valence-corrected chi connectivity index (χ3v) is 4.84. The van der Waals surface area contributed by atoms with Gasteiger partial charge >= 0.3 is 0 Å². The molecule has 0 spiro atoms. The molecule has 2 rings (SSSR count). The van der Waals surface area contributed by atoms with Crippen LogP contribution in [0.2, 0.25) is 0 Å². The molecule has 1 aromatic carbocycles. The van der Waals surface area contributed by atoms with Gasteiger partial charge < -0.3 is 5.73 Å². The molecule has 0 aliphatic heterocycles. The second kappa shape index (κ2) is 5.68. The summed E-state index contributed by atoms with van der Waals surface area (Å²) in [6.45, 7) is 2.14. The van der Waals surface area contributed by atoms with E-state index in [1.54, 1.807) is 29.8 Å². The van der Waals surface area contributed by atoms with Gasteiger partial charge in [0.2, 0.25) is 10.0 Å². The van der Waals surface area contributed by atoms with Gasteiger partial charge in [-0.15, -0.1) is 11.3 Å². The van der Waals surface area contributed by atoms with E-state index in [4.69, 9.17) is 5.73 Å². The first-order valence-electron chi connectivity index (χ1n) is 5.67. The quantitative estimate of drug-likeness (QED) is 0.822. The van der Waals surface area contributed by atoms with Crippen molar-refractivity contribution >= 4 is 27.0 Å². The van der Waals surface area contributed by atoms with Gasteiger partial charge in [0.15, 0.2) is 0 Å². The van der Waals surface area contributed by atoms with Crippen molar-refractivity contribution in [3.8, 4) is 0 Å². The Bertz CT molecular complexity index is 665. The molecule has 1 aromatic heterocycles. The SMILES string of the molecule is Cc1ncsc1CNS(=O)(=O)Cc1cccc(N)c1. The molecule has 0 amide bonds. The van der Waals surface area contributed by atoms with E-state index in [0.717, 1.165) is 10.6 Å². The van der Waals surface area contributed by atoms with Crippen molar-refractivity contribution in [3.05, 3.63) is 45.9 Å². The number of rotatable bonds is 5. The molecule has 0 aliphatic rings. The van der Waals surface area contributed by atoms with Gasteiger partial charge in [-0.25, -0.2) is 18.1 Å². The number of nitrogens with zero attached hydrogens (tertiary/aromatic N) is 1. The van der Waals surface area contributed by atoms with Crippen molar-refractivity contribution < 1.29 is 8.42 Å². The molecule has 102 valence electrons. The van der Waals surface area contributed by atoms with E-state index < -0.39 is 10.0 Å². The van der Waals surface area contributed by atoms with Gasteiger partial charge in [0.1, 0.15) is 0 Å². The van der Waals surface area contributed by atoms with Crippen LogP contribution in [0.1, 0.15) is 16.1 Å². The van der Waals surface area contributed by atoms with E-state index in [9.17, 15) is 8.42 Å². The van der Waals surface area contributed by atoms with Crippen LogP contribution in [0.3, 0.4) is 0 Å². The second-order valence-corrected chi connectivity index (χ2v) is 6.93. The summed E-state index contributed by atoms with van der Waals surface area (Å²) in [6.07, 6.45) is 0. The summed E-state index contributed by atoms with van der Waals surface area (Å²) in [5.41, 5.74) is 9.43. The fraction of sp³-hybridized carbons (Fsp3) is 0.250. The zero-order valence-corrected chi connectivity index (χ0v) is 12.1. The van der Waals surface area contributed by atoms with Gasteiger partial charge in [-0.3, -0.25) is 0 Å². The summed E-state index contributed by atoms with van der Waals surface area (Å²) >= 11 is 1.44. The second-order valence-electron chi connectivity index (χ2n) is 4.19. The van der Waals surface area contributed by atoms with Crippen LogP contribution in [0.5, 0.6) is 0 Å². The highest BCUT2D eigenvalue weighted by atomic mass is 32.2. The predicted molar refractivity (Wildman–Crippen MR) is 77.2 cm³/mol. The van der Waals surface area contributed by atoms with Crippen LogP contribution in [0.15, 0.2) is 29.8 Å². The smallest absolute Gasteiger partial charge is 0.216 e. The molecule has 2 aromatic rings. The van der Waals surface area contributed by atoms with Gasteiger partial charge in [0.25, 0.3) is 0 Å². The van der Waals surface area contributed by atoms with E-state index in [1.807, 2.05) is 6.92 Å². The fourth-order valence-corrected chi connectivity index (χ4v) is 3.52. The van der Waals surface area contributed by atoms with E-state index in [-0.39, 0.29) is 12.3 Å². The first-order valence-corrected chi connectivity index (χ1v) is 8.20. The van der Waals surface area contributed by atoms with Crippen LogP contribution < -0.4 is 10.5 Å². The van der Waals surface area contributed by atoms with Crippen molar-refractivity contribution in [1.82, 2.24) is 9.71 Å². The molecule has 5 nitrogen and oxygen atoms in total. The summed E-state index contributed by atoms with van der Waals surface area (Å²) in [5, 5.41) is 0. The monoisotopic (exact) mass is 297 g/mol. The Hall–Kier alpha value is -1.44. The lowest BCUT2D eigenvalue weighted by Crippen LogP contribution is -2.24. The predicted octanol–water partition coefficient (Wildman–Crippen LogP) is 1.65. The van der Waals surface area contributed by atoms with Gasteiger partial charge in [0, 0.05) is 17.1 Å². The highest BCUT2D eigenvalue weighted by Gasteiger charge is 2.12. The number of hydrogen-bond acceptors (Lipinski definition) is 5. The lowest BCUT2D eigenvalue weighted by atomic mass is 10.2. The Morgan fingerprint density at radius 2 is 2.21 bits per heavy atom. The van der Waals surface area contributed by atoms with E-state index >= 15 is 0 Å². The average Bonchev–Trinajstić information content (AvgIpc) is 2.72. The summed E-state index contributed by atoms with van der Waals surface area (Å²) in [7, 11) is -3.37. The molecule has 3 N–H and O–H groups in total. The van der Waals surface area contributed by atoms with Gasteiger partial charge in [-0.05, 0) is 24.6 Å². The molecule has 0 bridgehead atoms. The summed E-state index contributed by atoms with van der Waals surface area (Å²) in [6, 6.07) is 6.88. The Labute approximate surface area is 116 Å². The van der Waals surface area contributed by atoms with E-state index in [0.29, 0.717) is 11.3 Å². The number of benzene rings is 1. The molecule has 0 saturated carbocycles. The number of nitrogens with two attached hydrogens (primary N) is 1. The highest BCUT2D eigenvalue weighted by molar-refractivity contribution is 7.88. The molecular weight excluding hydrogens is 282 g/mol. The number of hydrogen-bond donors (Lipinski definition) is 2. The molecular formula is C12H15N3O2S2. The van der Waals surface area contributed by atoms with Gasteiger partial charge in [-0.1, -0.05) is 12.1 Å². The summed E-state index contributed by atoms with van der Waals surface area (Å²) < 4.78 is 26.5. The topological polar surface area (TPSA) is 85.1 Å². The Kier molecular flexibility index (Phi) is 4.18. The molecule has 7 heteroatoms. The number of thiazole rings is 1. The number of nitrogens with one attached hydrogen (secondary N) is 1. The van der Waals surface area contributed by atoms with Crippen molar-refractivity contribution in [1.29, 1.82) is 0 Å². The third-order valence-electron chi connectivity index (χ3n) is 2.61. The largest absolute Gasteiger partial charge is 0.399 e. The van der Waals surface area contributed by atoms with Crippen molar-refractivity contribution in [3.63, 3.8) is 0 Å². The molecule has 1 heterocycles. The van der Waals surface area contributed by atoms with Crippen molar-refractivity contribution in [2.45, 2.75) is 19.2 Å².